The molecule has 3 unspecified atom stereocenters. The van der Waals surface area contributed by atoms with Crippen LogP contribution < -0.4 is 0 Å². The SMILES string of the molecule is CC1CC2(C)C=CC1C(=O)C2. The van der Waals surface area contributed by atoms with E-state index in [-0.39, 0.29) is 11.3 Å². The van der Waals surface area contributed by atoms with E-state index in [1.165, 1.54) is 6.42 Å². The second kappa shape index (κ2) is 1.96. The highest BCUT2D eigenvalue weighted by Crippen LogP contribution is 2.46. The molecule has 1 nitrogen and oxygen atoms in total. The highest BCUT2D eigenvalue weighted by molar-refractivity contribution is 5.86. The van der Waals surface area contributed by atoms with Gasteiger partial charge >= 0.3 is 0 Å². The Morgan fingerprint density at radius 2 is 2.36 bits per heavy atom. The van der Waals surface area contributed by atoms with Gasteiger partial charge in [-0.2, -0.15) is 0 Å². The highest BCUT2D eigenvalue weighted by atomic mass is 16.1. The van der Waals surface area contributed by atoms with Crippen molar-refractivity contribution in [3.63, 3.8) is 0 Å². The number of hydrogen-bond acceptors (Lipinski definition) is 1. The molecule has 0 aromatic carbocycles. The van der Waals surface area contributed by atoms with Crippen LogP contribution in [0.5, 0.6) is 0 Å². The van der Waals surface area contributed by atoms with Crippen LogP contribution in [0.25, 0.3) is 0 Å². The molecule has 0 N–H and O–H groups in total. The van der Waals surface area contributed by atoms with Crippen molar-refractivity contribution in [3.8, 4) is 0 Å². The summed E-state index contributed by atoms with van der Waals surface area (Å²) in [5.74, 6) is 1.27. The molecule has 0 radical (unpaired) electrons. The molecule has 0 spiro atoms. The lowest BCUT2D eigenvalue weighted by atomic mass is 9.61. The minimum Gasteiger partial charge on any atom is -0.299 e. The number of carbonyl (C=O) groups excluding carboxylic acids is 1. The molecule has 11 heavy (non-hydrogen) atoms. The second-order valence-corrected chi connectivity index (χ2v) is 4.36. The Kier molecular flexibility index (Phi) is 1.26. The van der Waals surface area contributed by atoms with Crippen molar-refractivity contribution in [2.45, 2.75) is 26.7 Å². The lowest BCUT2D eigenvalue weighted by Crippen LogP contribution is -2.39. The molecular formula is C10H14O. The van der Waals surface area contributed by atoms with Crippen molar-refractivity contribution in [2.24, 2.45) is 17.3 Å². The van der Waals surface area contributed by atoms with Crippen molar-refractivity contribution in [1.29, 1.82) is 0 Å². The zero-order valence-corrected chi connectivity index (χ0v) is 7.13. The van der Waals surface area contributed by atoms with Gasteiger partial charge < -0.3 is 0 Å². The van der Waals surface area contributed by atoms with Crippen LogP contribution in [0.2, 0.25) is 0 Å². The van der Waals surface area contributed by atoms with Gasteiger partial charge in [0.2, 0.25) is 0 Å². The van der Waals surface area contributed by atoms with Gasteiger partial charge in [-0.05, 0) is 17.8 Å². The summed E-state index contributed by atoms with van der Waals surface area (Å²) in [4.78, 5) is 11.4. The van der Waals surface area contributed by atoms with Gasteiger partial charge in [0, 0.05) is 12.3 Å². The average Bonchev–Trinajstić information content (AvgIpc) is 1.83. The molecular weight excluding hydrogens is 136 g/mol. The molecule has 0 amide bonds. The largest absolute Gasteiger partial charge is 0.299 e. The van der Waals surface area contributed by atoms with Gasteiger partial charge in [-0.3, -0.25) is 4.79 Å². The summed E-state index contributed by atoms with van der Waals surface area (Å²) in [6, 6.07) is 0. The predicted molar refractivity (Wildman–Crippen MR) is 44.1 cm³/mol. The molecule has 3 aliphatic rings. The number of Topliss-reactive ketones (excluding diaryl/α,β-unsaturated/α-hetero) is 1. The zero-order chi connectivity index (χ0) is 8.06. The van der Waals surface area contributed by atoms with Crippen molar-refractivity contribution >= 4 is 5.78 Å². The van der Waals surface area contributed by atoms with E-state index in [9.17, 15) is 4.79 Å². The highest BCUT2D eigenvalue weighted by Gasteiger charge is 2.42. The van der Waals surface area contributed by atoms with E-state index in [0.717, 1.165) is 6.42 Å². The van der Waals surface area contributed by atoms with Crippen LogP contribution in [-0.4, -0.2) is 5.78 Å². The Labute approximate surface area is 67.5 Å². The minimum absolute atomic E-state index is 0.200. The predicted octanol–water partition coefficient (Wildman–Crippen LogP) is 2.18. The van der Waals surface area contributed by atoms with Crippen LogP contribution >= 0.6 is 0 Å². The van der Waals surface area contributed by atoms with E-state index < -0.39 is 0 Å². The third-order valence-electron chi connectivity index (χ3n) is 3.06. The Balaban J connectivity index is 2.38. The second-order valence-electron chi connectivity index (χ2n) is 4.36. The van der Waals surface area contributed by atoms with Gasteiger partial charge in [-0.15, -0.1) is 0 Å². The number of carbonyl (C=O) groups is 1. The lowest BCUT2D eigenvalue weighted by Gasteiger charge is -2.42. The zero-order valence-electron chi connectivity index (χ0n) is 7.13. The first-order chi connectivity index (χ1) is 5.11. The van der Waals surface area contributed by atoms with Crippen LogP contribution in [0.1, 0.15) is 26.7 Å². The smallest absolute Gasteiger partial charge is 0.140 e. The number of fused-ring (bicyclic) bond motifs is 2. The third kappa shape index (κ3) is 0.943. The first-order valence-corrected chi connectivity index (χ1v) is 4.33. The Bertz CT molecular complexity index is 229. The van der Waals surface area contributed by atoms with Crippen molar-refractivity contribution in [2.75, 3.05) is 0 Å². The van der Waals surface area contributed by atoms with Crippen LogP contribution in [0.15, 0.2) is 12.2 Å². The lowest BCUT2D eigenvalue weighted by molar-refractivity contribution is -0.128. The number of allylic oxidation sites excluding steroid dienone is 2. The maximum atomic E-state index is 11.4. The summed E-state index contributed by atoms with van der Waals surface area (Å²) in [6.07, 6.45) is 6.32. The number of hydrogen-bond donors (Lipinski definition) is 0. The van der Waals surface area contributed by atoms with Gasteiger partial charge in [0.1, 0.15) is 5.78 Å². The first kappa shape index (κ1) is 7.08. The summed E-state index contributed by atoms with van der Waals surface area (Å²) >= 11 is 0. The third-order valence-corrected chi connectivity index (χ3v) is 3.06. The monoisotopic (exact) mass is 150 g/mol. The minimum atomic E-state index is 0.200. The van der Waals surface area contributed by atoms with E-state index in [4.69, 9.17) is 0 Å². The molecule has 3 aliphatic carbocycles. The van der Waals surface area contributed by atoms with Crippen LogP contribution in [0.3, 0.4) is 0 Å². The van der Waals surface area contributed by atoms with Gasteiger partial charge in [-0.1, -0.05) is 26.0 Å². The molecule has 3 rings (SSSR count). The molecule has 0 saturated heterocycles. The van der Waals surface area contributed by atoms with E-state index in [0.29, 0.717) is 11.7 Å². The molecule has 2 bridgehead atoms. The molecule has 1 heteroatoms. The van der Waals surface area contributed by atoms with E-state index in [1.807, 2.05) is 0 Å². The molecule has 60 valence electrons. The summed E-state index contributed by atoms with van der Waals surface area (Å²) in [6.45, 7) is 4.37. The van der Waals surface area contributed by atoms with Crippen LogP contribution in [0.4, 0.5) is 0 Å². The summed E-state index contributed by atoms with van der Waals surface area (Å²) < 4.78 is 0. The Morgan fingerprint density at radius 3 is 2.82 bits per heavy atom. The van der Waals surface area contributed by atoms with E-state index in [1.54, 1.807) is 0 Å². The van der Waals surface area contributed by atoms with Crippen molar-refractivity contribution in [3.05, 3.63) is 12.2 Å². The van der Waals surface area contributed by atoms with Gasteiger partial charge in [0.15, 0.2) is 0 Å². The van der Waals surface area contributed by atoms with Gasteiger partial charge in [0.05, 0.1) is 0 Å². The fourth-order valence-corrected chi connectivity index (χ4v) is 2.53. The van der Waals surface area contributed by atoms with E-state index in [2.05, 4.69) is 26.0 Å². The summed E-state index contributed by atoms with van der Waals surface area (Å²) in [5.41, 5.74) is 0.200. The number of ketones is 1. The molecule has 0 aromatic rings. The molecule has 1 fully saturated rings. The standard InChI is InChI=1S/C10H14O/c1-7-5-10(2)4-3-8(7)9(11)6-10/h3-4,7-8H,5-6H2,1-2H3. The van der Waals surface area contributed by atoms with Crippen LogP contribution in [-0.2, 0) is 4.79 Å². The topological polar surface area (TPSA) is 17.1 Å². The average molecular weight is 150 g/mol. The summed E-state index contributed by atoms with van der Waals surface area (Å²) in [7, 11) is 0. The quantitative estimate of drug-likeness (QED) is 0.484. The van der Waals surface area contributed by atoms with Gasteiger partial charge in [0.25, 0.3) is 0 Å². The molecule has 0 aliphatic heterocycles. The van der Waals surface area contributed by atoms with Crippen molar-refractivity contribution in [1.82, 2.24) is 0 Å². The molecule has 3 atom stereocenters. The molecule has 0 aromatic heterocycles. The molecule has 1 saturated carbocycles. The van der Waals surface area contributed by atoms with E-state index >= 15 is 0 Å². The normalized spacial score (nSPS) is 48.4. The Morgan fingerprint density at radius 1 is 1.64 bits per heavy atom. The maximum Gasteiger partial charge on any atom is 0.140 e. The summed E-state index contributed by atoms with van der Waals surface area (Å²) in [5, 5.41) is 0. The van der Waals surface area contributed by atoms with Crippen molar-refractivity contribution < 1.29 is 4.79 Å². The van der Waals surface area contributed by atoms with Gasteiger partial charge in [-0.25, -0.2) is 0 Å². The van der Waals surface area contributed by atoms with Crippen LogP contribution in [0, 0.1) is 17.3 Å². The fourth-order valence-electron chi connectivity index (χ4n) is 2.53. The maximum absolute atomic E-state index is 11.4. The first-order valence-electron chi connectivity index (χ1n) is 4.33. The Hall–Kier alpha value is -0.590. The molecule has 0 heterocycles. The number of rotatable bonds is 0. The fraction of sp³-hybridized carbons (Fsp3) is 0.700.